The van der Waals surface area contributed by atoms with Gasteiger partial charge < -0.3 is 15.8 Å². The van der Waals surface area contributed by atoms with Gasteiger partial charge >= 0.3 is 0 Å². The van der Waals surface area contributed by atoms with Crippen molar-refractivity contribution in [2.24, 2.45) is 5.73 Å². The molecule has 1 spiro atoms. The summed E-state index contributed by atoms with van der Waals surface area (Å²) < 4.78 is 6.27. The van der Waals surface area contributed by atoms with E-state index in [9.17, 15) is 0 Å². The van der Waals surface area contributed by atoms with Gasteiger partial charge in [-0.25, -0.2) is 0 Å². The second kappa shape index (κ2) is 4.00. The third-order valence-electron chi connectivity index (χ3n) is 4.00. The van der Waals surface area contributed by atoms with Gasteiger partial charge in [-0.05, 0) is 38.9 Å². The Morgan fingerprint density at radius 1 is 1.35 bits per heavy atom. The van der Waals surface area contributed by atoms with E-state index in [1.54, 1.807) is 0 Å². The molecule has 0 saturated carbocycles. The van der Waals surface area contributed by atoms with Gasteiger partial charge in [0.05, 0.1) is 0 Å². The molecular formula is C14H20N2O. The van der Waals surface area contributed by atoms with Crippen molar-refractivity contribution in [1.29, 1.82) is 0 Å². The third kappa shape index (κ3) is 1.94. The van der Waals surface area contributed by atoms with Crippen LogP contribution in [-0.4, -0.2) is 18.7 Å². The fourth-order valence-electron chi connectivity index (χ4n) is 3.02. The van der Waals surface area contributed by atoms with E-state index in [4.69, 9.17) is 10.5 Å². The summed E-state index contributed by atoms with van der Waals surface area (Å²) in [6, 6.07) is 6.46. The maximum Gasteiger partial charge on any atom is 0.124 e. The van der Waals surface area contributed by atoms with E-state index in [0.717, 1.165) is 38.1 Å². The average Bonchev–Trinajstić information content (AvgIpc) is 2.31. The molecule has 92 valence electrons. The smallest absolute Gasteiger partial charge is 0.124 e. The van der Waals surface area contributed by atoms with Crippen molar-refractivity contribution >= 4 is 0 Å². The minimum Gasteiger partial charge on any atom is -0.487 e. The second-order valence-corrected chi connectivity index (χ2v) is 5.39. The van der Waals surface area contributed by atoms with Crippen molar-refractivity contribution < 1.29 is 4.74 Å². The highest BCUT2D eigenvalue weighted by Crippen LogP contribution is 2.42. The van der Waals surface area contributed by atoms with E-state index >= 15 is 0 Å². The van der Waals surface area contributed by atoms with Crippen molar-refractivity contribution in [1.82, 2.24) is 5.32 Å². The van der Waals surface area contributed by atoms with E-state index < -0.39 is 0 Å². The summed E-state index contributed by atoms with van der Waals surface area (Å²) in [5.41, 5.74) is 8.73. The summed E-state index contributed by atoms with van der Waals surface area (Å²) in [6.45, 7) is 4.17. The molecule has 0 amide bonds. The first-order valence-corrected chi connectivity index (χ1v) is 6.44. The number of rotatable bonds is 0. The van der Waals surface area contributed by atoms with Crippen molar-refractivity contribution in [3.63, 3.8) is 0 Å². The molecule has 3 nitrogen and oxygen atoms in total. The molecule has 1 saturated heterocycles. The quantitative estimate of drug-likeness (QED) is 0.718. The van der Waals surface area contributed by atoms with Gasteiger partial charge in [-0.15, -0.1) is 0 Å². The zero-order chi connectivity index (χ0) is 11.9. The largest absolute Gasteiger partial charge is 0.487 e. The van der Waals surface area contributed by atoms with Crippen LogP contribution in [0.15, 0.2) is 18.2 Å². The summed E-state index contributed by atoms with van der Waals surface area (Å²) in [5.74, 6) is 0.997. The minimum atomic E-state index is -0.0209. The number of hydrogen-bond acceptors (Lipinski definition) is 3. The number of benzene rings is 1. The number of hydrogen-bond donors (Lipinski definition) is 2. The van der Waals surface area contributed by atoms with Gasteiger partial charge in [0, 0.05) is 18.0 Å². The lowest BCUT2D eigenvalue weighted by Gasteiger charge is -2.44. The highest BCUT2D eigenvalue weighted by atomic mass is 16.5. The number of aryl methyl sites for hydroxylation is 1. The Hall–Kier alpha value is -1.06. The zero-order valence-corrected chi connectivity index (χ0v) is 10.3. The summed E-state index contributed by atoms with van der Waals surface area (Å²) in [6.07, 6.45) is 3.08. The van der Waals surface area contributed by atoms with Gasteiger partial charge in [0.1, 0.15) is 11.4 Å². The van der Waals surface area contributed by atoms with Crippen molar-refractivity contribution in [2.45, 2.75) is 37.8 Å². The second-order valence-electron chi connectivity index (χ2n) is 5.39. The molecule has 0 aliphatic carbocycles. The molecule has 2 aliphatic rings. The highest BCUT2D eigenvalue weighted by molar-refractivity contribution is 5.41. The lowest BCUT2D eigenvalue weighted by Crippen LogP contribution is -2.50. The summed E-state index contributed by atoms with van der Waals surface area (Å²) in [5, 5.41) is 3.38. The molecule has 3 heteroatoms. The molecule has 0 radical (unpaired) electrons. The summed E-state index contributed by atoms with van der Waals surface area (Å²) in [7, 11) is 0. The molecule has 0 bridgehead atoms. The molecule has 1 aromatic rings. The standard InChI is InChI=1S/C14H20N2O/c1-10-2-3-13-11(8-10)12(15)9-14(17-13)4-6-16-7-5-14/h2-3,8,12,16H,4-7,9,15H2,1H3/t12-/m1/s1. The van der Waals surface area contributed by atoms with Gasteiger partial charge in [0.2, 0.25) is 0 Å². The minimum absolute atomic E-state index is 0.0209. The first-order valence-electron chi connectivity index (χ1n) is 6.44. The molecule has 1 aromatic carbocycles. The predicted molar refractivity (Wildman–Crippen MR) is 68.2 cm³/mol. The van der Waals surface area contributed by atoms with Crippen molar-refractivity contribution in [3.05, 3.63) is 29.3 Å². The number of ether oxygens (including phenoxy) is 1. The van der Waals surface area contributed by atoms with Crippen LogP contribution in [0.1, 0.15) is 36.4 Å². The summed E-state index contributed by atoms with van der Waals surface area (Å²) >= 11 is 0. The topological polar surface area (TPSA) is 47.3 Å². The molecule has 1 atom stereocenters. The first kappa shape index (κ1) is 11.1. The molecule has 0 unspecified atom stereocenters. The van der Waals surface area contributed by atoms with Crippen molar-refractivity contribution in [3.8, 4) is 5.75 Å². The van der Waals surface area contributed by atoms with Crippen LogP contribution >= 0.6 is 0 Å². The molecule has 3 rings (SSSR count). The van der Waals surface area contributed by atoms with Gasteiger partial charge in [-0.1, -0.05) is 17.7 Å². The van der Waals surface area contributed by atoms with Crippen LogP contribution < -0.4 is 15.8 Å². The number of nitrogens with two attached hydrogens (primary N) is 1. The van der Waals surface area contributed by atoms with Gasteiger partial charge in [0.25, 0.3) is 0 Å². The molecule has 3 N–H and O–H groups in total. The Morgan fingerprint density at radius 3 is 2.88 bits per heavy atom. The molecule has 1 fully saturated rings. The maximum absolute atomic E-state index is 6.32. The Kier molecular flexibility index (Phi) is 2.60. The van der Waals surface area contributed by atoms with Crippen LogP contribution in [0.4, 0.5) is 0 Å². The average molecular weight is 232 g/mol. The van der Waals surface area contributed by atoms with Crippen LogP contribution in [0.3, 0.4) is 0 Å². The fraction of sp³-hybridized carbons (Fsp3) is 0.571. The van der Waals surface area contributed by atoms with Gasteiger partial charge in [-0.3, -0.25) is 0 Å². The fourth-order valence-corrected chi connectivity index (χ4v) is 3.02. The van der Waals surface area contributed by atoms with E-state index in [0.29, 0.717) is 0 Å². The molecule has 2 aliphatic heterocycles. The number of nitrogens with one attached hydrogen (secondary N) is 1. The Balaban J connectivity index is 1.94. The van der Waals surface area contributed by atoms with Crippen LogP contribution in [-0.2, 0) is 0 Å². The molecular weight excluding hydrogens is 212 g/mol. The Bertz CT molecular complexity index is 424. The monoisotopic (exact) mass is 232 g/mol. The Labute approximate surface area is 102 Å². The van der Waals surface area contributed by atoms with E-state index in [1.807, 2.05) is 0 Å². The van der Waals surface area contributed by atoms with Crippen LogP contribution in [0.2, 0.25) is 0 Å². The van der Waals surface area contributed by atoms with E-state index in [2.05, 4.69) is 30.4 Å². The lowest BCUT2D eigenvalue weighted by molar-refractivity contribution is 0.00790. The zero-order valence-electron chi connectivity index (χ0n) is 10.3. The van der Waals surface area contributed by atoms with E-state index in [1.165, 1.54) is 11.1 Å². The summed E-state index contributed by atoms with van der Waals surface area (Å²) in [4.78, 5) is 0. The van der Waals surface area contributed by atoms with Crippen LogP contribution in [0.5, 0.6) is 5.75 Å². The van der Waals surface area contributed by atoms with Gasteiger partial charge in [0.15, 0.2) is 0 Å². The predicted octanol–water partition coefficient (Wildman–Crippen LogP) is 1.90. The Morgan fingerprint density at radius 2 is 2.12 bits per heavy atom. The van der Waals surface area contributed by atoms with E-state index in [-0.39, 0.29) is 11.6 Å². The van der Waals surface area contributed by atoms with Crippen LogP contribution in [0.25, 0.3) is 0 Å². The molecule has 17 heavy (non-hydrogen) atoms. The lowest BCUT2D eigenvalue weighted by atomic mass is 9.81. The van der Waals surface area contributed by atoms with Crippen LogP contribution in [0, 0.1) is 6.92 Å². The third-order valence-corrected chi connectivity index (χ3v) is 4.00. The van der Waals surface area contributed by atoms with Crippen molar-refractivity contribution in [2.75, 3.05) is 13.1 Å². The molecule has 0 aromatic heterocycles. The number of fused-ring (bicyclic) bond motifs is 1. The van der Waals surface area contributed by atoms with Gasteiger partial charge in [-0.2, -0.15) is 0 Å². The SMILES string of the molecule is Cc1ccc2c(c1)[C@H](N)CC1(CCNCC1)O2. The first-order chi connectivity index (χ1) is 8.19. The number of piperidine rings is 1. The maximum atomic E-state index is 6.32. The highest BCUT2D eigenvalue weighted by Gasteiger charge is 2.40. The molecule has 2 heterocycles. The normalized spacial score (nSPS) is 26.4.